The van der Waals surface area contributed by atoms with Crippen molar-refractivity contribution in [3.63, 3.8) is 0 Å². The molecular weight excluding hydrogens is 682 g/mol. The highest BCUT2D eigenvalue weighted by Crippen LogP contribution is 2.27. The molecule has 0 bridgehead atoms. The Hall–Kier alpha value is -7.28. The molecule has 0 fully saturated rings. The number of nitrogens with one attached hydrogen (secondary N) is 2. The summed E-state index contributed by atoms with van der Waals surface area (Å²) in [5.74, 6) is -2.37. The molecule has 1 aliphatic rings. The molecule has 53 heavy (non-hydrogen) atoms. The molecule has 1 atom stereocenters. The fourth-order valence-electron chi connectivity index (χ4n) is 5.17. The van der Waals surface area contributed by atoms with Gasteiger partial charge in [0.1, 0.15) is 29.0 Å². The third kappa shape index (κ3) is 8.91. The van der Waals surface area contributed by atoms with Gasteiger partial charge in [0.05, 0.1) is 16.7 Å². The minimum Gasteiger partial charge on any atom is -0.457 e. The van der Waals surface area contributed by atoms with Gasteiger partial charge in [-0.05, 0) is 97.9 Å². The number of para-hydroxylation sites is 2. The van der Waals surface area contributed by atoms with E-state index in [-0.39, 0.29) is 16.7 Å². The number of amides is 4. The van der Waals surface area contributed by atoms with Gasteiger partial charge in [-0.2, -0.15) is 0 Å². The molecule has 0 unspecified atom stereocenters. The van der Waals surface area contributed by atoms with Crippen LogP contribution in [-0.2, 0) is 23.9 Å². The number of ether oxygens (including phenoxy) is 4. The Kier molecular flexibility index (Phi) is 10.8. The second-order valence-electron chi connectivity index (χ2n) is 11.6. The third-order valence-electron chi connectivity index (χ3n) is 7.80. The molecule has 5 aromatic rings. The van der Waals surface area contributed by atoms with E-state index in [9.17, 15) is 28.8 Å². The van der Waals surface area contributed by atoms with Crippen LogP contribution in [0.25, 0.3) is 0 Å². The molecule has 1 aliphatic heterocycles. The van der Waals surface area contributed by atoms with Crippen LogP contribution in [0.2, 0.25) is 0 Å². The van der Waals surface area contributed by atoms with E-state index in [2.05, 4.69) is 10.6 Å². The van der Waals surface area contributed by atoms with Crippen molar-refractivity contribution in [3.05, 3.63) is 144 Å². The van der Waals surface area contributed by atoms with Gasteiger partial charge in [-0.15, -0.1) is 0 Å². The lowest BCUT2D eigenvalue weighted by molar-refractivity contribution is -0.150. The van der Waals surface area contributed by atoms with Gasteiger partial charge in [0, 0.05) is 11.4 Å². The highest BCUT2D eigenvalue weighted by molar-refractivity contribution is 6.23. The Balaban J connectivity index is 0.965. The molecule has 6 rings (SSSR count). The molecule has 0 saturated carbocycles. The lowest BCUT2D eigenvalue weighted by Gasteiger charge is -2.20. The molecule has 0 radical (unpaired) electrons. The summed E-state index contributed by atoms with van der Waals surface area (Å²) in [6.45, 7) is -0.0151. The van der Waals surface area contributed by atoms with Crippen molar-refractivity contribution < 1.29 is 47.7 Å². The number of benzene rings is 5. The zero-order valence-corrected chi connectivity index (χ0v) is 28.1. The van der Waals surface area contributed by atoms with Gasteiger partial charge in [-0.1, -0.05) is 36.4 Å². The summed E-state index contributed by atoms with van der Waals surface area (Å²) in [4.78, 5) is 77.5. The largest absolute Gasteiger partial charge is 0.457 e. The summed E-state index contributed by atoms with van der Waals surface area (Å²) in [7, 11) is 0. The molecule has 1 heterocycles. The number of hydrogen-bond acceptors (Lipinski definition) is 10. The van der Waals surface area contributed by atoms with Crippen LogP contribution in [0, 0.1) is 0 Å². The Morgan fingerprint density at radius 2 is 1.02 bits per heavy atom. The molecule has 0 saturated heterocycles. The van der Waals surface area contributed by atoms with E-state index in [0.717, 1.165) is 6.07 Å². The van der Waals surface area contributed by atoms with E-state index in [1.54, 1.807) is 60.7 Å². The summed E-state index contributed by atoms with van der Waals surface area (Å²) in [6, 6.07) is 33.8. The average Bonchev–Trinajstić information content (AvgIpc) is 3.43. The fraction of sp³-hybridized carbons (Fsp3) is 0.100. The molecule has 0 aliphatic carbocycles. The normalized spacial score (nSPS) is 12.3. The number of carbonyl (C=O) groups excluding carboxylic acids is 6. The first-order valence-corrected chi connectivity index (χ1v) is 16.3. The van der Waals surface area contributed by atoms with Crippen LogP contribution in [0.5, 0.6) is 23.0 Å². The second kappa shape index (κ2) is 16.2. The van der Waals surface area contributed by atoms with Crippen LogP contribution in [0.4, 0.5) is 11.4 Å². The van der Waals surface area contributed by atoms with Gasteiger partial charge in [-0.3, -0.25) is 24.1 Å². The Morgan fingerprint density at radius 3 is 1.53 bits per heavy atom. The van der Waals surface area contributed by atoms with Crippen LogP contribution >= 0.6 is 0 Å². The number of hydrogen-bond donors (Lipinski definition) is 2. The molecule has 13 nitrogen and oxygen atoms in total. The molecular formula is C40H31N3O10. The van der Waals surface area contributed by atoms with Crippen molar-refractivity contribution in [2.45, 2.75) is 13.0 Å². The summed E-state index contributed by atoms with van der Waals surface area (Å²) in [6.07, 6.45) is 0. The van der Waals surface area contributed by atoms with E-state index >= 15 is 0 Å². The first-order valence-electron chi connectivity index (χ1n) is 16.3. The first kappa shape index (κ1) is 35.5. The zero-order valence-electron chi connectivity index (χ0n) is 28.1. The van der Waals surface area contributed by atoms with Crippen molar-refractivity contribution in [3.8, 4) is 23.0 Å². The topological polar surface area (TPSA) is 167 Å². The van der Waals surface area contributed by atoms with Gasteiger partial charge in [0.2, 0.25) is 0 Å². The van der Waals surface area contributed by atoms with E-state index in [1.165, 1.54) is 19.1 Å². The number of fused-ring (bicyclic) bond motifs is 1. The number of rotatable bonds is 13. The molecule has 0 spiro atoms. The van der Waals surface area contributed by atoms with Crippen molar-refractivity contribution in [1.82, 2.24) is 4.90 Å². The molecule has 2 N–H and O–H groups in total. The van der Waals surface area contributed by atoms with Gasteiger partial charge in [0.25, 0.3) is 23.6 Å². The van der Waals surface area contributed by atoms with Gasteiger partial charge < -0.3 is 29.6 Å². The third-order valence-corrected chi connectivity index (χ3v) is 7.80. The van der Waals surface area contributed by atoms with Crippen LogP contribution in [0.1, 0.15) is 38.0 Å². The Morgan fingerprint density at radius 1 is 0.566 bits per heavy atom. The fourth-order valence-corrected chi connectivity index (χ4v) is 5.17. The van der Waals surface area contributed by atoms with E-state index in [0.29, 0.717) is 39.3 Å². The molecule has 4 amide bonds. The molecule has 266 valence electrons. The maximum Gasteiger partial charge on any atom is 0.338 e. The monoisotopic (exact) mass is 713 g/mol. The lowest BCUT2D eigenvalue weighted by atomic mass is 10.1. The minimum atomic E-state index is -1.39. The first-order chi connectivity index (χ1) is 25.6. The number of imide groups is 1. The summed E-state index contributed by atoms with van der Waals surface area (Å²) < 4.78 is 21.7. The van der Waals surface area contributed by atoms with Crippen molar-refractivity contribution in [2.24, 2.45) is 0 Å². The number of anilines is 2. The number of carbonyl (C=O) groups is 6. The second-order valence-corrected chi connectivity index (χ2v) is 11.6. The SMILES string of the molecule is C[C@H](C(=O)OCC(=O)Nc1ccc(Oc2ccccc2)cc1)N1C(=O)c2ccc(C(=O)OCC(=O)Nc3ccc(Oc4ccccc4)cc3)cc2C1=O. The van der Waals surface area contributed by atoms with Crippen LogP contribution in [-0.4, -0.2) is 59.7 Å². The van der Waals surface area contributed by atoms with Gasteiger partial charge >= 0.3 is 11.9 Å². The van der Waals surface area contributed by atoms with E-state index in [4.69, 9.17) is 18.9 Å². The molecule has 0 aromatic heterocycles. The number of esters is 2. The van der Waals surface area contributed by atoms with Gasteiger partial charge in [0.15, 0.2) is 13.2 Å². The molecule has 5 aromatic carbocycles. The van der Waals surface area contributed by atoms with Crippen LogP contribution in [0.15, 0.2) is 127 Å². The quantitative estimate of drug-likeness (QED) is 0.105. The predicted octanol–water partition coefficient (Wildman–Crippen LogP) is 6.23. The van der Waals surface area contributed by atoms with Crippen molar-refractivity contribution in [1.29, 1.82) is 0 Å². The zero-order chi connectivity index (χ0) is 37.3. The van der Waals surface area contributed by atoms with Crippen LogP contribution < -0.4 is 20.1 Å². The average molecular weight is 714 g/mol. The maximum atomic E-state index is 13.2. The van der Waals surface area contributed by atoms with Gasteiger partial charge in [-0.25, -0.2) is 9.59 Å². The summed E-state index contributed by atoms with van der Waals surface area (Å²) >= 11 is 0. The summed E-state index contributed by atoms with van der Waals surface area (Å²) in [5, 5.41) is 5.20. The van der Waals surface area contributed by atoms with Crippen molar-refractivity contribution in [2.75, 3.05) is 23.8 Å². The standard InChI is InChI=1S/C40H31N3O10/c1-25(39(48)50-23-35(44)41-27-13-17-31(18-14-27)52-29-8-4-2-5-9-29)43-37(46)33-21-12-26(22-34(33)38(43)47)40(49)51-24-36(45)42-28-15-19-32(20-16-28)53-30-10-6-3-7-11-30/h2-22,25H,23-24H2,1H3,(H,41,44)(H,42,45)/t25-/m1/s1. The summed E-state index contributed by atoms with van der Waals surface area (Å²) in [5.41, 5.74) is 0.606. The van der Waals surface area contributed by atoms with E-state index < -0.39 is 54.8 Å². The van der Waals surface area contributed by atoms with E-state index in [1.807, 2.05) is 48.5 Å². The Bertz CT molecular complexity index is 2160. The maximum absolute atomic E-state index is 13.2. The minimum absolute atomic E-state index is 0.0407. The van der Waals surface area contributed by atoms with Crippen LogP contribution in [0.3, 0.4) is 0 Å². The lowest BCUT2D eigenvalue weighted by Crippen LogP contribution is -2.44. The Labute approximate surface area is 303 Å². The molecule has 13 heteroatoms. The van der Waals surface area contributed by atoms with Crippen molar-refractivity contribution >= 4 is 46.9 Å². The predicted molar refractivity (Wildman–Crippen MR) is 191 cm³/mol. The smallest absolute Gasteiger partial charge is 0.338 e. The highest BCUT2D eigenvalue weighted by Gasteiger charge is 2.42. The highest BCUT2D eigenvalue weighted by atomic mass is 16.5. The number of nitrogens with zero attached hydrogens (tertiary/aromatic N) is 1.